The highest BCUT2D eigenvalue weighted by Crippen LogP contribution is 2.36. The Balaban J connectivity index is 2.54. The van der Waals surface area contributed by atoms with Crippen molar-refractivity contribution in [2.75, 3.05) is 13.7 Å². The summed E-state index contributed by atoms with van der Waals surface area (Å²) < 4.78 is 11.0. The Morgan fingerprint density at radius 2 is 2.11 bits per heavy atom. The van der Waals surface area contributed by atoms with Gasteiger partial charge in [0.15, 0.2) is 11.5 Å². The Labute approximate surface area is 120 Å². The Morgan fingerprint density at radius 1 is 1.32 bits per heavy atom. The van der Waals surface area contributed by atoms with Gasteiger partial charge in [0.2, 0.25) is 0 Å². The van der Waals surface area contributed by atoms with E-state index in [-0.39, 0.29) is 0 Å². The van der Waals surface area contributed by atoms with Crippen molar-refractivity contribution in [2.24, 2.45) is 5.73 Å². The van der Waals surface area contributed by atoms with Crippen molar-refractivity contribution in [1.29, 1.82) is 0 Å². The lowest BCUT2D eigenvalue weighted by molar-refractivity contribution is 0.285. The molecule has 0 radical (unpaired) electrons. The molecule has 0 saturated carbocycles. The lowest BCUT2D eigenvalue weighted by atomic mass is 10.2. The average Bonchev–Trinajstić information content (AvgIpc) is 2.43. The molecule has 2 N–H and O–H groups in total. The second-order valence-corrected chi connectivity index (χ2v) is 4.71. The molecule has 0 heterocycles. The van der Waals surface area contributed by atoms with Gasteiger partial charge >= 0.3 is 0 Å². The Hall–Kier alpha value is -1.19. The van der Waals surface area contributed by atoms with Crippen LogP contribution in [0.25, 0.3) is 0 Å². The fourth-order valence-corrected chi connectivity index (χ4v) is 2.06. The Morgan fingerprint density at radius 3 is 2.74 bits per heavy atom. The molecular weight excluding hydrogens is 262 g/mol. The maximum absolute atomic E-state index is 6.18. The van der Waals surface area contributed by atoms with Gasteiger partial charge in [0.25, 0.3) is 0 Å². The molecule has 0 aliphatic rings. The number of rotatable bonds is 9. The highest BCUT2D eigenvalue weighted by molar-refractivity contribution is 6.32. The number of hydrogen-bond donors (Lipinski definition) is 1. The summed E-state index contributed by atoms with van der Waals surface area (Å²) in [6.07, 6.45) is 6.24. The average molecular weight is 284 g/mol. The minimum absolute atomic E-state index is 0.428. The molecule has 0 fully saturated rings. The van der Waals surface area contributed by atoms with E-state index in [1.165, 1.54) is 0 Å². The summed E-state index contributed by atoms with van der Waals surface area (Å²) in [6.45, 7) is 4.76. The molecule has 0 atom stereocenters. The van der Waals surface area contributed by atoms with Gasteiger partial charge in [0.05, 0.1) is 18.7 Å². The SMILES string of the molecule is C=CCCCCCOc1c(Cl)cc(CN)cc1OC. The zero-order valence-corrected chi connectivity index (χ0v) is 12.2. The number of allylic oxidation sites excluding steroid dienone is 1. The van der Waals surface area contributed by atoms with Gasteiger partial charge in [-0.25, -0.2) is 0 Å². The normalized spacial score (nSPS) is 10.3. The molecule has 0 aliphatic heterocycles. The first-order chi connectivity index (χ1) is 9.22. The van der Waals surface area contributed by atoms with E-state index in [1.807, 2.05) is 18.2 Å². The van der Waals surface area contributed by atoms with E-state index in [9.17, 15) is 0 Å². The quantitative estimate of drug-likeness (QED) is 0.552. The number of nitrogens with two attached hydrogens (primary N) is 1. The first-order valence-corrected chi connectivity index (χ1v) is 6.91. The molecule has 1 aromatic rings. The predicted molar refractivity (Wildman–Crippen MR) is 80.1 cm³/mol. The third kappa shape index (κ3) is 5.13. The number of methoxy groups -OCH3 is 1. The standard InChI is InChI=1S/C15H22ClNO2/c1-3-4-5-6-7-8-19-15-13(16)9-12(11-17)10-14(15)18-2/h3,9-10H,1,4-8,11,17H2,2H3. The summed E-state index contributed by atoms with van der Waals surface area (Å²) in [6, 6.07) is 3.68. The third-order valence-electron chi connectivity index (χ3n) is 2.82. The van der Waals surface area contributed by atoms with Crippen LogP contribution in [0.1, 0.15) is 31.2 Å². The predicted octanol–water partition coefficient (Wildman–Crippen LogP) is 3.93. The monoisotopic (exact) mass is 283 g/mol. The summed E-state index contributed by atoms with van der Waals surface area (Å²) in [5.41, 5.74) is 6.53. The minimum Gasteiger partial charge on any atom is -0.493 e. The third-order valence-corrected chi connectivity index (χ3v) is 3.10. The first kappa shape index (κ1) is 15.9. The van der Waals surface area contributed by atoms with Gasteiger partial charge in [0, 0.05) is 6.54 Å². The van der Waals surface area contributed by atoms with E-state index in [0.717, 1.165) is 31.2 Å². The Kier molecular flexibility index (Phi) is 7.38. The summed E-state index contributed by atoms with van der Waals surface area (Å²) in [4.78, 5) is 0. The van der Waals surface area contributed by atoms with Crippen LogP contribution in [0.3, 0.4) is 0 Å². The van der Waals surface area contributed by atoms with Gasteiger partial charge in [-0.15, -0.1) is 6.58 Å². The van der Waals surface area contributed by atoms with Gasteiger partial charge < -0.3 is 15.2 Å². The molecule has 0 amide bonds. The second kappa shape index (κ2) is 8.83. The number of hydrogen-bond acceptors (Lipinski definition) is 3. The molecule has 106 valence electrons. The molecular formula is C15H22ClNO2. The lowest BCUT2D eigenvalue weighted by Gasteiger charge is -2.13. The van der Waals surface area contributed by atoms with Crippen LogP contribution in [0.5, 0.6) is 11.5 Å². The summed E-state index contributed by atoms with van der Waals surface area (Å²) in [5, 5.41) is 0.547. The fraction of sp³-hybridized carbons (Fsp3) is 0.467. The van der Waals surface area contributed by atoms with Gasteiger partial charge in [-0.3, -0.25) is 0 Å². The summed E-state index contributed by atoms with van der Waals surface area (Å²) >= 11 is 6.18. The molecule has 0 aliphatic carbocycles. The minimum atomic E-state index is 0.428. The summed E-state index contributed by atoms with van der Waals surface area (Å²) in [7, 11) is 1.60. The van der Waals surface area contributed by atoms with Crippen molar-refractivity contribution in [3.8, 4) is 11.5 Å². The molecule has 0 aromatic heterocycles. The van der Waals surface area contributed by atoms with E-state index < -0.39 is 0 Å². The van der Waals surface area contributed by atoms with E-state index in [0.29, 0.717) is 29.7 Å². The van der Waals surface area contributed by atoms with E-state index in [1.54, 1.807) is 7.11 Å². The van der Waals surface area contributed by atoms with Crippen LogP contribution in [0.15, 0.2) is 24.8 Å². The fourth-order valence-electron chi connectivity index (χ4n) is 1.77. The van der Waals surface area contributed by atoms with E-state index >= 15 is 0 Å². The molecule has 0 bridgehead atoms. The van der Waals surface area contributed by atoms with Crippen molar-refractivity contribution in [3.63, 3.8) is 0 Å². The highest BCUT2D eigenvalue weighted by Gasteiger charge is 2.11. The van der Waals surface area contributed by atoms with Crippen molar-refractivity contribution in [1.82, 2.24) is 0 Å². The van der Waals surface area contributed by atoms with Gasteiger partial charge in [-0.05, 0) is 43.4 Å². The topological polar surface area (TPSA) is 44.5 Å². The number of benzene rings is 1. The molecule has 1 rings (SSSR count). The maximum atomic E-state index is 6.18. The molecule has 0 spiro atoms. The Bertz CT molecular complexity index is 407. The van der Waals surface area contributed by atoms with Crippen LogP contribution in [0.4, 0.5) is 0 Å². The molecule has 0 saturated heterocycles. The number of unbranched alkanes of at least 4 members (excludes halogenated alkanes) is 3. The van der Waals surface area contributed by atoms with Gasteiger partial charge in [-0.1, -0.05) is 17.7 Å². The largest absolute Gasteiger partial charge is 0.493 e. The molecule has 0 unspecified atom stereocenters. The number of ether oxygens (including phenoxy) is 2. The van der Waals surface area contributed by atoms with Crippen LogP contribution in [-0.2, 0) is 6.54 Å². The van der Waals surface area contributed by atoms with Crippen molar-refractivity contribution in [3.05, 3.63) is 35.4 Å². The van der Waals surface area contributed by atoms with E-state index in [4.69, 9.17) is 26.8 Å². The van der Waals surface area contributed by atoms with Crippen molar-refractivity contribution < 1.29 is 9.47 Å². The zero-order valence-electron chi connectivity index (χ0n) is 11.5. The highest BCUT2D eigenvalue weighted by atomic mass is 35.5. The van der Waals surface area contributed by atoms with Crippen LogP contribution >= 0.6 is 11.6 Å². The smallest absolute Gasteiger partial charge is 0.179 e. The molecule has 4 heteroatoms. The summed E-state index contributed by atoms with van der Waals surface area (Å²) in [5.74, 6) is 1.24. The van der Waals surface area contributed by atoms with Crippen LogP contribution in [0.2, 0.25) is 5.02 Å². The zero-order chi connectivity index (χ0) is 14.1. The maximum Gasteiger partial charge on any atom is 0.179 e. The van der Waals surface area contributed by atoms with E-state index in [2.05, 4.69) is 6.58 Å². The molecule has 1 aromatic carbocycles. The molecule has 19 heavy (non-hydrogen) atoms. The lowest BCUT2D eigenvalue weighted by Crippen LogP contribution is -2.02. The van der Waals surface area contributed by atoms with Gasteiger partial charge in [0.1, 0.15) is 0 Å². The van der Waals surface area contributed by atoms with Crippen LogP contribution in [0, 0.1) is 0 Å². The van der Waals surface area contributed by atoms with Crippen molar-refractivity contribution in [2.45, 2.75) is 32.2 Å². The van der Waals surface area contributed by atoms with Crippen LogP contribution in [-0.4, -0.2) is 13.7 Å². The molecule has 3 nitrogen and oxygen atoms in total. The first-order valence-electron chi connectivity index (χ1n) is 6.53. The van der Waals surface area contributed by atoms with Gasteiger partial charge in [-0.2, -0.15) is 0 Å². The van der Waals surface area contributed by atoms with Crippen LogP contribution < -0.4 is 15.2 Å². The van der Waals surface area contributed by atoms with Crippen molar-refractivity contribution >= 4 is 11.6 Å². The second-order valence-electron chi connectivity index (χ2n) is 4.30. The number of halogens is 1.